The monoisotopic (exact) mass is 205 g/mol. The summed E-state index contributed by atoms with van der Waals surface area (Å²) in [5, 5.41) is 10.8. The average Bonchev–Trinajstić information content (AvgIpc) is 1.97. The molecule has 1 aromatic rings. The zero-order chi connectivity index (χ0) is 9.14. The first-order valence-corrected chi connectivity index (χ1v) is 3.91. The summed E-state index contributed by atoms with van der Waals surface area (Å²) in [6.07, 6.45) is 0. The Labute approximate surface area is 79.1 Å². The highest BCUT2D eigenvalue weighted by Crippen LogP contribution is 2.24. The number of hydrogen-bond donors (Lipinski definition) is 0. The van der Waals surface area contributed by atoms with Crippen LogP contribution in [0.15, 0.2) is 18.2 Å². The molecule has 64 valence electrons. The van der Waals surface area contributed by atoms with Crippen molar-refractivity contribution in [1.82, 2.24) is 0 Å². The van der Waals surface area contributed by atoms with Crippen LogP contribution in [-0.4, -0.2) is 4.92 Å². The van der Waals surface area contributed by atoms with E-state index in [-0.39, 0.29) is 6.54 Å². The number of nitro groups is 1. The predicted molar refractivity (Wildman–Crippen MR) is 47.2 cm³/mol. The second-order valence-electron chi connectivity index (χ2n) is 2.19. The van der Waals surface area contributed by atoms with Gasteiger partial charge in [-0.15, -0.1) is 0 Å². The van der Waals surface area contributed by atoms with Gasteiger partial charge in [-0.05, 0) is 12.1 Å². The van der Waals surface area contributed by atoms with Gasteiger partial charge in [-0.2, -0.15) is 0 Å². The predicted octanol–water partition coefficient (Wildman–Crippen LogP) is 2.77. The number of benzene rings is 1. The number of rotatable bonds is 2. The van der Waals surface area contributed by atoms with Crippen molar-refractivity contribution in [3.8, 4) is 0 Å². The fourth-order valence-electron chi connectivity index (χ4n) is 0.812. The summed E-state index contributed by atoms with van der Waals surface area (Å²) in [5.74, 6) is 0. The fraction of sp³-hybridized carbons (Fsp3) is 0.143. The first-order chi connectivity index (χ1) is 5.61. The summed E-state index contributed by atoms with van der Waals surface area (Å²) in [6.45, 7) is -0.335. The molecule has 0 aliphatic rings. The van der Waals surface area contributed by atoms with Crippen LogP contribution in [0, 0.1) is 10.1 Å². The van der Waals surface area contributed by atoms with Gasteiger partial charge in [0.15, 0.2) is 0 Å². The van der Waals surface area contributed by atoms with Crippen molar-refractivity contribution in [2.45, 2.75) is 6.54 Å². The minimum atomic E-state index is -0.465. The molecule has 0 spiro atoms. The summed E-state index contributed by atoms with van der Waals surface area (Å²) >= 11 is 11.4. The third kappa shape index (κ3) is 2.09. The van der Waals surface area contributed by atoms with Crippen LogP contribution in [0.2, 0.25) is 10.0 Å². The van der Waals surface area contributed by atoms with Gasteiger partial charge in [-0.3, -0.25) is 10.1 Å². The molecular weight excluding hydrogens is 201 g/mol. The van der Waals surface area contributed by atoms with Crippen molar-refractivity contribution in [2.75, 3.05) is 0 Å². The summed E-state index contributed by atoms with van der Waals surface area (Å²) in [5.41, 5.74) is 0.367. The maximum atomic E-state index is 10.2. The lowest BCUT2D eigenvalue weighted by Crippen LogP contribution is -1.99. The quantitative estimate of drug-likeness (QED) is 0.551. The Kier molecular flexibility index (Phi) is 2.89. The van der Waals surface area contributed by atoms with Crippen molar-refractivity contribution in [1.29, 1.82) is 0 Å². The molecule has 5 heteroatoms. The van der Waals surface area contributed by atoms with Gasteiger partial charge in [-0.25, -0.2) is 0 Å². The average molecular weight is 206 g/mol. The van der Waals surface area contributed by atoms with Crippen LogP contribution in [-0.2, 0) is 6.54 Å². The maximum Gasteiger partial charge on any atom is 0.231 e. The van der Waals surface area contributed by atoms with E-state index >= 15 is 0 Å². The molecule has 0 aliphatic carbocycles. The second-order valence-corrected chi connectivity index (χ2v) is 3.01. The second kappa shape index (κ2) is 3.74. The van der Waals surface area contributed by atoms with Crippen LogP contribution < -0.4 is 0 Å². The van der Waals surface area contributed by atoms with E-state index in [0.29, 0.717) is 15.6 Å². The third-order valence-electron chi connectivity index (χ3n) is 1.35. The van der Waals surface area contributed by atoms with Gasteiger partial charge in [0.05, 0.1) is 15.6 Å². The van der Waals surface area contributed by atoms with Crippen molar-refractivity contribution >= 4 is 23.2 Å². The normalized spacial score (nSPS) is 9.83. The smallest absolute Gasteiger partial charge is 0.231 e. The summed E-state index contributed by atoms with van der Waals surface area (Å²) in [6, 6.07) is 4.80. The summed E-state index contributed by atoms with van der Waals surface area (Å²) < 4.78 is 0. The van der Waals surface area contributed by atoms with Crippen LogP contribution in [0.5, 0.6) is 0 Å². The minimum Gasteiger partial charge on any atom is -0.264 e. The largest absolute Gasteiger partial charge is 0.264 e. The van der Waals surface area contributed by atoms with E-state index < -0.39 is 4.92 Å². The molecule has 0 aromatic heterocycles. The Morgan fingerprint density at radius 3 is 2.25 bits per heavy atom. The van der Waals surface area contributed by atoms with Crippen molar-refractivity contribution < 1.29 is 4.92 Å². The van der Waals surface area contributed by atoms with Gasteiger partial charge in [0.2, 0.25) is 6.54 Å². The lowest BCUT2D eigenvalue weighted by Gasteiger charge is -2.00. The van der Waals surface area contributed by atoms with E-state index in [1.54, 1.807) is 18.2 Å². The maximum absolute atomic E-state index is 10.2. The third-order valence-corrected chi connectivity index (χ3v) is 2.06. The van der Waals surface area contributed by atoms with Crippen molar-refractivity contribution in [3.63, 3.8) is 0 Å². The molecule has 0 N–H and O–H groups in total. The van der Waals surface area contributed by atoms with Gasteiger partial charge in [0.25, 0.3) is 0 Å². The lowest BCUT2D eigenvalue weighted by molar-refractivity contribution is -0.496. The fourth-order valence-corrected chi connectivity index (χ4v) is 1.33. The number of hydrogen-bond acceptors (Lipinski definition) is 2. The molecule has 0 fully saturated rings. The lowest BCUT2D eigenvalue weighted by atomic mass is 10.2. The van der Waals surface area contributed by atoms with Gasteiger partial charge in [0.1, 0.15) is 0 Å². The van der Waals surface area contributed by atoms with Crippen molar-refractivity contribution in [3.05, 3.63) is 43.9 Å². The first-order valence-electron chi connectivity index (χ1n) is 3.16. The minimum absolute atomic E-state index is 0.333. The van der Waals surface area contributed by atoms with E-state index in [4.69, 9.17) is 23.2 Å². The summed E-state index contributed by atoms with van der Waals surface area (Å²) in [7, 11) is 0. The molecule has 1 rings (SSSR count). The van der Waals surface area contributed by atoms with E-state index in [1.165, 1.54) is 0 Å². The molecule has 0 aliphatic heterocycles. The first kappa shape index (κ1) is 9.29. The molecular formula is C7H5Cl2NO2. The number of nitrogens with zero attached hydrogens (tertiary/aromatic N) is 1. The number of halogens is 2. The molecule has 12 heavy (non-hydrogen) atoms. The standard InChI is InChI=1S/C7H5Cl2NO2/c8-6-2-1-3-7(9)5(6)4-10(11)12/h1-3H,4H2. The zero-order valence-corrected chi connectivity index (χ0v) is 7.47. The molecule has 3 nitrogen and oxygen atoms in total. The van der Waals surface area contributed by atoms with Gasteiger partial charge in [-0.1, -0.05) is 29.3 Å². The Morgan fingerprint density at radius 1 is 1.33 bits per heavy atom. The molecule has 0 bridgehead atoms. The van der Waals surface area contributed by atoms with Crippen LogP contribution in [0.1, 0.15) is 5.56 Å². The van der Waals surface area contributed by atoms with Crippen molar-refractivity contribution in [2.24, 2.45) is 0 Å². The van der Waals surface area contributed by atoms with Gasteiger partial charge in [0, 0.05) is 4.92 Å². The van der Waals surface area contributed by atoms with E-state index in [2.05, 4.69) is 0 Å². The Bertz CT molecular complexity index is 294. The highest BCUT2D eigenvalue weighted by molar-refractivity contribution is 6.35. The SMILES string of the molecule is O=[N+]([O-])Cc1c(Cl)cccc1Cl. The molecule has 0 saturated carbocycles. The Balaban J connectivity index is 3.04. The molecule has 1 aromatic carbocycles. The molecule has 0 saturated heterocycles. The van der Waals surface area contributed by atoms with Crippen LogP contribution in [0.3, 0.4) is 0 Å². The topological polar surface area (TPSA) is 43.1 Å². The van der Waals surface area contributed by atoms with E-state index in [9.17, 15) is 10.1 Å². The highest BCUT2D eigenvalue weighted by atomic mass is 35.5. The van der Waals surface area contributed by atoms with E-state index in [1.807, 2.05) is 0 Å². The molecule has 0 amide bonds. The summed E-state index contributed by atoms with van der Waals surface area (Å²) in [4.78, 5) is 9.70. The van der Waals surface area contributed by atoms with Crippen LogP contribution >= 0.6 is 23.2 Å². The van der Waals surface area contributed by atoms with Gasteiger partial charge < -0.3 is 0 Å². The Morgan fingerprint density at radius 2 is 1.83 bits per heavy atom. The molecule has 0 heterocycles. The Hall–Kier alpha value is -0.800. The van der Waals surface area contributed by atoms with E-state index in [0.717, 1.165) is 0 Å². The van der Waals surface area contributed by atoms with Gasteiger partial charge >= 0.3 is 0 Å². The molecule has 0 atom stereocenters. The zero-order valence-electron chi connectivity index (χ0n) is 5.96. The molecule has 0 unspecified atom stereocenters. The van der Waals surface area contributed by atoms with Crippen LogP contribution in [0.4, 0.5) is 0 Å². The van der Waals surface area contributed by atoms with Crippen LogP contribution in [0.25, 0.3) is 0 Å². The molecule has 0 radical (unpaired) electrons. The highest BCUT2D eigenvalue weighted by Gasteiger charge is 2.10.